The van der Waals surface area contributed by atoms with Crippen molar-refractivity contribution in [3.63, 3.8) is 0 Å². The number of Topliss-reactive ketones (excluding diaryl/α,β-unsaturated/α-hetero) is 1. The Bertz CT molecular complexity index is 1040. The molecule has 0 unspecified atom stereocenters. The minimum Gasteiger partial charge on any atom is -0.456 e. The standard InChI is InChI=1S/C21H26N2O6S2/c1-4-23(5-2)31(27,28)17-8-6-7-16(13-17)22-20(25)14-29-21(26)12-10-18(24)19-11-9-15(3)30-19/h6-9,11,13H,4-5,10,12,14H2,1-3H3,(H,22,25). The van der Waals surface area contributed by atoms with Crippen LogP contribution in [0.25, 0.3) is 0 Å². The van der Waals surface area contributed by atoms with Crippen LogP contribution in [0.4, 0.5) is 5.69 Å². The lowest BCUT2D eigenvalue weighted by Gasteiger charge is -2.18. The van der Waals surface area contributed by atoms with Gasteiger partial charge in [0, 0.05) is 30.1 Å². The molecule has 1 aromatic heterocycles. The summed E-state index contributed by atoms with van der Waals surface area (Å²) in [4.78, 5) is 37.6. The molecule has 0 saturated heterocycles. The summed E-state index contributed by atoms with van der Waals surface area (Å²) in [5, 5.41) is 2.51. The Morgan fingerprint density at radius 1 is 1.06 bits per heavy atom. The average Bonchev–Trinajstić information content (AvgIpc) is 3.18. The maximum Gasteiger partial charge on any atom is 0.306 e. The van der Waals surface area contributed by atoms with Gasteiger partial charge in [0.25, 0.3) is 5.91 Å². The van der Waals surface area contributed by atoms with Gasteiger partial charge in [0.1, 0.15) is 0 Å². The first-order valence-electron chi connectivity index (χ1n) is 9.82. The highest BCUT2D eigenvalue weighted by atomic mass is 32.2. The third-order valence-corrected chi connectivity index (χ3v) is 7.48. The molecular formula is C21H26N2O6S2. The first-order chi connectivity index (χ1) is 14.7. The highest BCUT2D eigenvalue weighted by molar-refractivity contribution is 7.89. The third kappa shape index (κ3) is 6.98. The Hall–Kier alpha value is -2.56. The smallest absolute Gasteiger partial charge is 0.306 e. The van der Waals surface area contributed by atoms with E-state index in [9.17, 15) is 22.8 Å². The number of thiophene rings is 1. The highest BCUT2D eigenvalue weighted by Gasteiger charge is 2.22. The van der Waals surface area contributed by atoms with Gasteiger partial charge in [0.2, 0.25) is 10.0 Å². The number of carbonyl (C=O) groups excluding carboxylic acids is 3. The number of benzene rings is 1. The van der Waals surface area contributed by atoms with E-state index in [0.717, 1.165) is 4.88 Å². The summed E-state index contributed by atoms with van der Waals surface area (Å²) in [5.41, 5.74) is 0.275. The molecule has 1 N–H and O–H groups in total. The van der Waals surface area contributed by atoms with Crippen LogP contribution in [-0.2, 0) is 24.3 Å². The lowest BCUT2D eigenvalue weighted by atomic mass is 10.2. The molecule has 0 aliphatic rings. The molecule has 0 radical (unpaired) electrons. The van der Waals surface area contributed by atoms with E-state index < -0.39 is 28.5 Å². The zero-order valence-corrected chi connectivity index (χ0v) is 19.3. The summed E-state index contributed by atoms with van der Waals surface area (Å²) in [5.74, 6) is -1.41. The summed E-state index contributed by atoms with van der Waals surface area (Å²) < 4.78 is 31.4. The summed E-state index contributed by atoms with van der Waals surface area (Å²) in [6.07, 6.45) is -0.119. The van der Waals surface area contributed by atoms with Gasteiger partial charge in [0.15, 0.2) is 12.4 Å². The number of esters is 1. The molecule has 0 aliphatic heterocycles. The Balaban J connectivity index is 1.86. The van der Waals surface area contributed by atoms with Gasteiger partial charge in [0.05, 0.1) is 16.2 Å². The van der Waals surface area contributed by atoms with E-state index in [4.69, 9.17) is 4.74 Å². The van der Waals surface area contributed by atoms with Crippen molar-refractivity contribution >= 4 is 44.7 Å². The first kappa shape index (κ1) is 24.7. The minimum absolute atomic E-state index is 0.00562. The molecular weight excluding hydrogens is 440 g/mol. The number of hydrogen-bond acceptors (Lipinski definition) is 7. The maximum atomic E-state index is 12.6. The molecule has 31 heavy (non-hydrogen) atoms. The number of aryl methyl sites for hydroxylation is 1. The van der Waals surface area contributed by atoms with Crippen molar-refractivity contribution < 1.29 is 27.5 Å². The quantitative estimate of drug-likeness (QED) is 0.402. The van der Waals surface area contributed by atoms with Crippen LogP contribution in [0, 0.1) is 6.92 Å². The second kappa shape index (κ2) is 11.2. The molecule has 2 rings (SSSR count). The summed E-state index contributed by atoms with van der Waals surface area (Å²) in [6.45, 7) is 5.52. The first-order valence-corrected chi connectivity index (χ1v) is 12.1. The number of ether oxygens (including phenoxy) is 1. The number of nitrogens with one attached hydrogen (secondary N) is 1. The minimum atomic E-state index is -3.66. The molecule has 0 aliphatic carbocycles. The van der Waals surface area contributed by atoms with Crippen molar-refractivity contribution in [2.45, 2.75) is 38.5 Å². The molecule has 0 fully saturated rings. The summed E-state index contributed by atoms with van der Waals surface area (Å²) >= 11 is 1.36. The van der Waals surface area contributed by atoms with E-state index in [-0.39, 0.29) is 29.2 Å². The predicted molar refractivity (Wildman–Crippen MR) is 119 cm³/mol. The van der Waals surface area contributed by atoms with Gasteiger partial charge in [-0.05, 0) is 37.3 Å². The molecule has 0 bridgehead atoms. The van der Waals surface area contributed by atoms with Gasteiger partial charge in [-0.2, -0.15) is 4.31 Å². The third-order valence-electron chi connectivity index (χ3n) is 4.40. The van der Waals surface area contributed by atoms with Gasteiger partial charge in [-0.25, -0.2) is 8.42 Å². The Labute approximate surface area is 186 Å². The van der Waals surface area contributed by atoms with E-state index in [0.29, 0.717) is 18.0 Å². The van der Waals surface area contributed by atoms with Gasteiger partial charge in [-0.3, -0.25) is 14.4 Å². The second-order valence-corrected chi connectivity index (χ2v) is 9.89. The van der Waals surface area contributed by atoms with Crippen LogP contribution in [0.3, 0.4) is 0 Å². The fourth-order valence-corrected chi connectivity index (χ4v) is 5.12. The van der Waals surface area contributed by atoms with Gasteiger partial charge < -0.3 is 10.1 Å². The number of anilines is 1. The van der Waals surface area contributed by atoms with Gasteiger partial charge >= 0.3 is 5.97 Å². The summed E-state index contributed by atoms with van der Waals surface area (Å²) in [6, 6.07) is 9.43. The van der Waals surface area contributed by atoms with Crippen LogP contribution in [0.1, 0.15) is 41.2 Å². The maximum absolute atomic E-state index is 12.6. The van der Waals surface area contributed by atoms with Crippen molar-refractivity contribution in [3.8, 4) is 0 Å². The highest BCUT2D eigenvalue weighted by Crippen LogP contribution is 2.20. The molecule has 168 valence electrons. The Morgan fingerprint density at radius 2 is 1.77 bits per heavy atom. The van der Waals surface area contributed by atoms with E-state index in [1.807, 2.05) is 13.0 Å². The normalized spacial score (nSPS) is 11.4. The van der Waals surface area contributed by atoms with Crippen LogP contribution in [0.5, 0.6) is 0 Å². The van der Waals surface area contributed by atoms with E-state index in [1.165, 1.54) is 33.8 Å². The van der Waals surface area contributed by atoms with Crippen LogP contribution >= 0.6 is 11.3 Å². The molecule has 1 amide bonds. The second-order valence-electron chi connectivity index (χ2n) is 6.66. The van der Waals surface area contributed by atoms with Crippen LogP contribution in [0.2, 0.25) is 0 Å². The van der Waals surface area contributed by atoms with E-state index in [1.54, 1.807) is 26.0 Å². The van der Waals surface area contributed by atoms with Crippen molar-refractivity contribution in [2.24, 2.45) is 0 Å². The summed E-state index contributed by atoms with van der Waals surface area (Å²) in [7, 11) is -3.66. The van der Waals surface area contributed by atoms with Crippen molar-refractivity contribution in [1.29, 1.82) is 0 Å². The molecule has 10 heteroatoms. The van der Waals surface area contributed by atoms with Crippen LogP contribution in [-0.4, -0.2) is 50.1 Å². The molecule has 0 spiro atoms. The van der Waals surface area contributed by atoms with Gasteiger partial charge in [-0.15, -0.1) is 11.3 Å². The lowest BCUT2D eigenvalue weighted by Crippen LogP contribution is -2.30. The average molecular weight is 467 g/mol. The number of carbonyl (C=O) groups is 3. The van der Waals surface area contributed by atoms with E-state index in [2.05, 4.69) is 5.32 Å². The number of ketones is 1. The SMILES string of the molecule is CCN(CC)S(=O)(=O)c1cccc(NC(=O)COC(=O)CCC(=O)c2ccc(C)s2)c1. The number of rotatable bonds is 11. The molecule has 8 nitrogen and oxygen atoms in total. The lowest BCUT2D eigenvalue weighted by molar-refractivity contribution is -0.147. The molecule has 1 aromatic carbocycles. The largest absolute Gasteiger partial charge is 0.456 e. The fourth-order valence-electron chi connectivity index (χ4n) is 2.79. The number of nitrogens with zero attached hydrogens (tertiary/aromatic N) is 1. The van der Waals surface area contributed by atoms with Crippen molar-refractivity contribution in [1.82, 2.24) is 4.31 Å². The fraction of sp³-hybridized carbons (Fsp3) is 0.381. The van der Waals surface area contributed by atoms with Crippen molar-refractivity contribution in [2.75, 3.05) is 25.0 Å². The Morgan fingerprint density at radius 3 is 2.39 bits per heavy atom. The van der Waals surface area contributed by atoms with Crippen LogP contribution in [0.15, 0.2) is 41.3 Å². The zero-order chi connectivity index (χ0) is 23.0. The molecule has 2 aromatic rings. The topological polar surface area (TPSA) is 110 Å². The van der Waals surface area contributed by atoms with Crippen molar-refractivity contribution in [3.05, 3.63) is 46.2 Å². The molecule has 0 atom stereocenters. The van der Waals surface area contributed by atoms with Gasteiger partial charge in [-0.1, -0.05) is 19.9 Å². The molecule has 0 saturated carbocycles. The zero-order valence-electron chi connectivity index (χ0n) is 17.7. The number of sulfonamides is 1. The number of hydrogen-bond donors (Lipinski definition) is 1. The molecule has 1 heterocycles. The van der Waals surface area contributed by atoms with E-state index >= 15 is 0 Å². The monoisotopic (exact) mass is 466 g/mol. The number of amides is 1. The predicted octanol–water partition coefficient (Wildman–Crippen LogP) is 3.23. The van der Waals surface area contributed by atoms with Crippen LogP contribution < -0.4 is 5.32 Å². The Kier molecular flexibility index (Phi) is 8.90.